The number of aliphatic carboxylic acids is 1. The van der Waals surface area contributed by atoms with Gasteiger partial charge in [0.25, 0.3) is 0 Å². The maximum Gasteiger partial charge on any atom is 0.328 e. The fourth-order valence-electron chi connectivity index (χ4n) is 3.45. The lowest BCUT2D eigenvalue weighted by Gasteiger charge is -2.32. The van der Waals surface area contributed by atoms with Gasteiger partial charge in [0.2, 0.25) is 0 Å². The van der Waals surface area contributed by atoms with Crippen molar-refractivity contribution in [3.8, 4) is 11.5 Å². The van der Waals surface area contributed by atoms with Gasteiger partial charge in [-0.05, 0) is 69.3 Å². The van der Waals surface area contributed by atoms with Crippen molar-refractivity contribution in [1.29, 1.82) is 0 Å². The van der Waals surface area contributed by atoms with Crippen LogP contribution in [0.2, 0.25) is 45.3 Å². The first-order valence-electron chi connectivity index (χ1n) is 10.8. The molecule has 0 aliphatic rings. The average molecular weight is 485 g/mol. The zero-order valence-electron chi connectivity index (χ0n) is 20.6. The van der Waals surface area contributed by atoms with Crippen molar-refractivity contribution in [3.63, 3.8) is 0 Å². The molecule has 0 aliphatic heterocycles. The fraction of sp³-hybridized carbons (Fsp3) is 0.591. The second-order valence-electron chi connectivity index (χ2n) is 9.70. The quantitative estimate of drug-likeness (QED) is 0.245. The lowest BCUT2D eigenvalue weighted by atomic mass is 9.92. The number of carboxylic acid groups (broad SMARTS) is 1. The third-order valence-corrected chi connectivity index (χ3v) is 8.79. The molecule has 0 aromatic heterocycles. The molecule has 0 amide bonds. The molecular formula is C22H40O6Si3. The molecule has 1 aromatic carbocycles. The molecule has 9 heteroatoms. The van der Waals surface area contributed by atoms with Gasteiger partial charge in [0.05, 0.1) is 23.7 Å². The largest absolute Gasteiger partial charge is 0.493 e. The van der Waals surface area contributed by atoms with Crippen molar-refractivity contribution in [2.45, 2.75) is 70.5 Å². The van der Waals surface area contributed by atoms with Crippen LogP contribution in [0.15, 0.2) is 18.2 Å². The van der Waals surface area contributed by atoms with E-state index in [1.807, 2.05) is 12.1 Å². The monoisotopic (exact) mass is 484 g/mol. The molecule has 0 bridgehead atoms. The summed E-state index contributed by atoms with van der Waals surface area (Å²) < 4.78 is 23.9. The summed E-state index contributed by atoms with van der Waals surface area (Å²) >= 11 is 0. The van der Waals surface area contributed by atoms with Gasteiger partial charge in [-0.15, -0.1) is 0 Å². The van der Waals surface area contributed by atoms with Crippen molar-refractivity contribution < 1.29 is 28.2 Å². The maximum atomic E-state index is 11.0. The Bertz CT molecular complexity index is 737. The van der Waals surface area contributed by atoms with Gasteiger partial charge >= 0.3 is 5.97 Å². The SMILES string of the molecule is COc1ccc(/C=C/C(=O)O)c(C(C)CC[SiH2]C(O[Si](C)(C)C)O[Si](C)(C)C)c1OC. The van der Waals surface area contributed by atoms with Crippen LogP contribution in [0.1, 0.15) is 30.4 Å². The highest BCUT2D eigenvalue weighted by Crippen LogP contribution is 2.40. The summed E-state index contributed by atoms with van der Waals surface area (Å²) in [5.41, 5.74) is 1.81. The molecule has 0 aliphatic carbocycles. The highest BCUT2D eigenvalue weighted by Gasteiger charge is 2.27. The molecule has 0 heterocycles. The number of benzene rings is 1. The summed E-state index contributed by atoms with van der Waals surface area (Å²) in [4.78, 5) is 11.0. The van der Waals surface area contributed by atoms with Crippen molar-refractivity contribution in [3.05, 3.63) is 29.3 Å². The molecule has 0 saturated heterocycles. The molecule has 31 heavy (non-hydrogen) atoms. The normalized spacial score (nSPS) is 14.0. The Morgan fingerprint density at radius 2 is 1.65 bits per heavy atom. The number of hydrogen-bond donors (Lipinski definition) is 1. The highest BCUT2D eigenvalue weighted by atomic mass is 28.4. The first kappa shape index (κ1) is 27.6. The van der Waals surface area contributed by atoms with Gasteiger partial charge in [-0.3, -0.25) is 0 Å². The smallest absolute Gasteiger partial charge is 0.328 e. The second kappa shape index (κ2) is 12.0. The van der Waals surface area contributed by atoms with Crippen LogP contribution in [0.25, 0.3) is 6.08 Å². The van der Waals surface area contributed by atoms with Gasteiger partial charge in [0, 0.05) is 11.6 Å². The van der Waals surface area contributed by atoms with E-state index >= 15 is 0 Å². The number of carbonyl (C=O) groups is 1. The molecule has 176 valence electrons. The fourth-order valence-corrected chi connectivity index (χ4v) is 10.3. The molecule has 0 spiro atoms. The van der Waals surface area contributed by atoms with Gasteiger partial charge in [-0.2, -0.15) is 0 Å². The van der Waals surface area contributed by atoms with E-state index in [-0.39, 0.29) is 11.8 Å². The first-order valence-corrected chi connectivity index (χ1v) is 19.4. The average Bonchev–Trinajstić information content (AvgIpc) is 2.62. The third kappa shape index (κ3) is 10.2. The Balaban J connectivity index is 3.05. The lowest BCUT2D eigenvalue weighted by Crippen LogP contribution is -2.43. The summed E-state index contributed by atoms with van der Waals surface area (Å²) in [6.45, 7) is 15.4. The molecule has 0 radical (unpaired) electrons. The molecule has 1 atom stereocenters. The number of rotatable bonds is 13. The van der Waals surface area contributed by atoms with Crippen molar-refractivity contribution in [2.24, 2.45) is 0 Å². The van der Waals surface area contributed by atoms with Gasteiger partial charge in [0.1, 0.15) is 5.91 Å². The van der Waals surface area contributed by atoms with E-state index in [0.717, 1.165) is 29.7 Å². The number of carboxylic acids is 1. The molecule has 1 unspecified atom stereocenters. The van der Waals surface area contributed by atoms with E-state index in [2.05, 4.69) is 46.2 Å². The van der Waals surface area contributed by atoms with E-state index in [9.17, 15) is 4.79 Å². The zero-order chi connectivity index (χ0) is 23.8. The summed E-state index contributed by atoms with van der Waals surface area (Å²) in [6, 6.07) is 4.75. The van der Waals surface area contributed by atoms with Crippen molar-refractivity contribution >= 4 is 38.2 Å². The third-order valence-electron chi connectivity index (χ3n) is 4.56. The Kier molecular flexibility index (Phi) is 10.7. The molecule has 1 aromatic rings. The minimum absolute atomic E-state index is 0.0379. The summed E-state index contributed by atoms with van der Waals surface area (Å²) in [5.74, 6) is 0.471. The second-order valence-corrected chi connectivity index (χ2v) is 20.6. The molecule has 0 saturated carbocycles. The molecule has 0 fully saturated rings. The molecule has 6 nitrogen and oxygen atoms in total. The van der Waals surface area contributed by atoms with E-state index in [1.165, 1.54) is 0 Å². The molecular weight excluding hydrogens is 444 g/mol. The first-order chi connectivity index (χ1) is 14.3. The Hall–Kier alpha value is -1.40. The minimum atomic E-state index is -1.69. The van der Waals surface area contributed by atoms with Crippen molar-refractivity contribution in [1.82, 2.24) is 0 Å². The van der Waals surface area contributed by atoms with Crippen LogP contribution in [-0.4, -0.2) is 57.4 Å². The lowest BCUT2D eigenvalue weighted by molar-refractivity contribution is -0.131. The van der Waals surface area contributed by atoms with Gasteiger partial charge in [-0.25, -0.2) is 4.79 Å². The molecule has 1 N–H and O–H groups in total. The summed E-state index contributed by atoms with van der Waals surface area (Å²) in [6.07, 6.45) is 3.73. The maximum absolute atomic E-state index is 11.0. The predicted molar refractivity (Wildman–Crippen MR) is 135 cm³/mol. The van der Waals surface area contributed by atoms with Crippen LogP contribution in [-0.2, 0) is 13.6 Å². The van der Waals surface area contributed by atoms with Crippen LogP contribution >= 0.6 is 0 Å². The van der Waals surface area contributed by atoms with Crippen LogP contribution in [0, 0.1) is 0 Å². The van der Waals surface area contributed by atoms with E-state index in [4.69, 9.17) is 23.4 Å². The van der Waals surface area contributed by atoms with Gasteiger partial charge < -0.3 is 23.4 Å². The van der Waals surface area contributed by atoms with Crippen LogP contribution in [0.4, 0.5) is 0 Å². The summed E-state index contributed by atoms with van der Waals surface area (Å²) in [7, 11) is -0.760. The van der Waals surface area contributed by atoms with E-state index in [0.29, 0.717) is 11.5 Å². The molecule has 1 rings (SSSR count). The van der Waals surface area contributed by atoms with Crippen molar-refractivity contribution in [2.75, 3.05) is 14.2 Å². The summed E-state index contributed by atoms with van der Waals surface area (Å²) in [5, 5.41) is 9.06. The Morgan fingerprint density at radius 1 is 1.06 bits per heavy atom. The van der Waals surface area contributed by atoms with Crippen LogP contribution < -0.4 is 9.47 Å². The van der Waals surface area contributed by atoms with Gasteiger partial charge in [0.15, 0.2) is 28.1 Å². The van der Waals surface area contributed by atoms with E-state index < -0.39 is 32.1 Å². The van der Waals surface area contributed by atoms with E-state index in [1.54, 1.807) is 20.3 Å². The topological polar surface area (TPSA) is 74.2 Å². The van der Waals surface area contributed by atoms with Crippen LogP contribution in [0.5, 0.6) is 11.5 Å². The zero-order valence-corrected chi connectivity index (χ0v) is 24.0. The minimum Gasteiger partial charge on any atom is -0.493 e. The highest BCUT2D eigenvalue weighted by molar-refractivity contribution is 6.71. The number of hydrogen-bond acceptors (Lipinski definition) is 5. The van der Waals surface area contributed by atoms with Gasteiger partial charge in [-0.1, -0.05) is 19.0 Å². The number of methoxy groups -OCH3 is 2. The number of ether oxygens (including phenoxy) is 2. The Morgan fingerprint density at radius 3 is 2.10 bits per heavy atom. The standard InChI is InChI=1S/C22H40O6Si3/c1-16(14-15-29-22(27-30(4,5)6)28-31(7,8)9)20-17(11-13-19(23)24)10-12-18(25-2)21(20)26-3/h10-13,16,22H,14-15,29H2,1-9H3,(H,23,24)/b13-11+. The van der Waals surface area contributed by atoms with Crippen LogP contribution in [0.3, 0.4) is 0 Å². The predicted octanol–water partition coefficient (Wildman–Crippen LogP) is 4.87. The Labute approximate surface area is 192 Å².